The molecule has 1 N–H and O–H groups in total. The lowest BCUT2D eigenvalue weighted by Crippen LogP contribution is -2.75. The Labute approximate surface area is 161 Å². The van der Waals surface area contributed by atoms with Gasteiger partial charge in [0.25, 0.3) is 0 Å². The lowest BCUT2D eigenvalue weighted by atomic mass is 9.85. The number of carbonyl (C=O) groups is 1. The lowest BCUT2D eigenvalue weighted by molar-refractivity contribution is -0.454. The fraction of sp³-hybridized carbons (Fsp3) is 0.769. The van der Waals surface area contributed by atoms with Crippen LogP contribution >= 0.6 is 0 Å². The number of aliphatic carboxylic acids is 1. The van der Waals surface area contributed by atoms with Crippen LogP contribution in [-0.4, -0.2) is 58.9 Å². The summed E-state index contributed by atoms with van der Waals surface area (Å²) in [6.07, 6.45) is -21.4. The highest BCUT2D eigenvalue weighted by atomic mass is 19.4. The molecule has 0 amide bonds. The molecule has 0 aromatic heterocycles. The van der Waals surface area contributed by atoms with Gasteiger partial charge in [-0.2, -0.15) is 61.5 Å². The van der Waals surface area contributed by atoms with E-state index in [1.54, 1.807) is 0 Å². The topological polar surface area (TPSA) is 60.4 Å². The fourth-order valence-electron chi connectivity index (χ4n) is 1.97. The van der Waals surface area contributed by atoms with Crippen molar-refractivity contribution in [3.63, 3.8) is 0 Å². The molecule has 0 aromatic rings. The molecule has 0 radical (unpaired) electrons. The van der Waals surface area contributed by atoms with Crippen molar-refractivity contribution < 1.29 is 80.9 Å². The van der Waals surface area contributed by atoms with Gasteiger partial charge in [0.15, 0.2) is 0 Å². The molecule has 0 aliphatic rings. The molecule has 1 atom stereocenters. The van der Waals surface area contributed by atoms with Gasteiger partial charge in [0.1, 0.15) is 0 Å². The van der Waals surface area contributed by atoms with Crippen LogP contribution in [0.5, 0.6) is 0 Å². The second-order valence-electron chi connectivity index (χ2n) is 6.01. The van der Waals surface area contributed by atoms with E-state index in [9.17, 15) is 75.8 Å². The standard InChI is InChI=1S/C13H9F15O3/c1-4(29)2-5(6(30)31)3-7(14,15)9(17,18)11(21,22)10(19,20)8(16,12(23,24)25)13(26,27)28/h3-4,29H,2H2,1H3,(H,30,31)/p-1. The van der Waals surface area contributed by atoms with Crippen LogP contribution in [0.25, 0.3) is 0 Å². The summed E-state index contributed by atoms with van der Waals surface area (Å²) in [6, 6.07) is 0. The van der Waals surface area contributed by atoms with E-state index in [1.807, 2.05) is 0 Å². The van der Waals surface area contributed by atoms with Crippen LogP contribution in [0.1, 0.15) is 13.3 Å². The third-order valence-electron chi connectivity index (χ3n) is 3.55. The number of alkyl halides is 15. The van der Waals surface area contributed by atoms with Gasteiger partial charge in [-0.25, -0.2) is 4.39 Å². The maximum absolute atomic E-state index is 13.6. The predicted molar refractivity (Wildman–Crippen MR) is 65.1 cm³/mol. The highest BCUT2D eigenvalue weighted by molar-refractivity contribution is 5.85. The molecule has 0 aliphatic heterocycles. The van der Waals surface area contributed by atoms with Crippen molar-refractivity contribution in [2.45, 2.75) is 61.2 Å². The van der Waals surface area contributed by atoms with Crippen LogP contribution in [-0.2, 0) is 4.79 Å². The molecule has 31 heavy (non-hydrogen) atoms. The van der Waals surface area contributed by atoms with Gasteiger partial charge in [0, 0.05) is 0 Å². The monoisotopic (exact) mass is 497 g/mol. The third kappa shape index (κ3) is 4.52. The van der Waals surface area contributed by atoms with Crippen molar-refractivity contribution in [2.75, 3.05) is 0 Å². The summed E-state index contributed by atoms with van der Waals surface area (Å²) in [4.78, 5) is 10.5. The molecular formula is C13H8F15O3-. The Kier molecular flexibility index (Phi) is 7.43. The largest absolute Gasteiger partial charge is 0.545 e. The number of aliphatic hydroxyl groups is 1. The van der Waals surface area contributed by atoms with Gasteiger partial charge in [-0.15, -0.1) is 0 Å². The molecule has 3 nitrogen and oxygen atoms in total. The van der Waals surface area contributed by atoms with Gasteiger partial charge in [0.05, 0.1) is 12.1 Å². The maximum Gasteiger partial charge on any atom is 0.438 e. The van der Waals surface area contributed by atoms with E-state index in [0.717, 1.165) is 0 Å². The summed E-state index contributed by atoms with van der Waals surface area (Å²) in [6.45, 7) is 0.611. The van der Waals surface area contributed by atoms with Crippen LogP contribution in [0, 0.1) is 0 Å². The molecule has 0 fully saturated rings. The zero-order valence-electron chi connectivity index (χ0n) is 14.3. The summed E-state index contributed by atoms with van der Waals surface area (Å²) >= 11 is 0. The summed E-state index contributed by atoms with van der Waals surface area (Å²) in [5.41, 5.74) is -10.6. The number of aliphatic hydroxyl groups excluding tert-OH is 1. The number of carbonyl (C=O) groups excluding carboxylic acids is 1. The first kappa shape index (κ1) is 29.1. The number of halogens is 15. The molecule has 0 aliphatic carbocycles. The maximum atomic E-state index is 13.6. The molecule has 0 saturated carbocycles. The van der Waals surface area contributed by atoms with Crippen LogP contribution in [0.4, 0.5) is 65.9 Å². The summed E-state index contributed by atoms with van der Waals surface area (Å²) in [5, 5.41) is 19.4. The van der Waals surface area contributed by atoms with Crippen LogP contribution in [0.15, 0.2) is 11.6 Å². The number of rotatable bonds is 8. The second-order valence-corrected chi connectivity index (χ2v) is 6.01. The molecule has 0 heterocycles. The molecule has 184 valence electrons. The first-order valence-electron chi connectivity index (χ1n) is 7.17. The number of carboxylic acids is 1. The second kappa shape index (κ2) is 7.91. The highest BCUT2D eigenvalue weighted by Gasteiger charge is 2.95. The smallest absolute Gasteiger partial charge is 0.438 e. The van der Waals surface area contributed by atoms with Crippen molar-refractivity contribution in [2.24, 2.45) is 0 Å². The zero-order chi connectivity index (χ0) is 25.6. The number of hydrogen-bond donors (Lipinski definition) is 1. The first-order valence-corrected chi connectivity index (χ1v) is 7.17. The number of allylic oxidation sites excluding steroid dienone is 1. The molecule has 0 spiro atoms. The lowest BCUT2D eigenvalue weighted by Gasteiger charge is -2.42. The van der Waals surface area contributed by atoms with E-state index in [-0.39, 0.29) is 0 Å². The van der Waals surface area contributed by atoms with Crippen LogP contribution < -0.4 is 5.11 Å². The van der Waals surface area contributed by atoms with Crippen molar-refractivity contribution >= 4 is 5.97 Å². The van der Waals surface area contributed by atoms with E-state index in [2.05, 4.69) is 0 Å². The molecule has 1 unspecified atom stereocenters. The summed E-state index contributed by atoms with van der Waals surface area (Å²) in [7, 11) is 0. The number of hydrogen-bond acceptors (Lipinski definition) is 3. The van der Waals surface area contributed by atoms with Gasteiger partial charge in [-0.1, -0.05) is 0 Å². The van der Waals surface area contributed by atoms with E-state index < -0.39 is 71.9 Å². The molecule has 18 heteroatoms. The van der Waals surface area contributed by atoms with Gasteiger partial charge >= 0.3 is 41.7 Å². The first-order chi connectivity index (χ1) is 13.2. The molecule has 0 aromatic carbocycles. The minimum atomic E-state index is -8.59. The van der Waals surface area contributed by atoms with Gasteiger partial charge < -0.3 is 15.0 Å². The normalized spacial score (nSPS) is 17.0. The Bertz CT molecular complexity index is 688. The van der Waals surface area contributed by atoms with Crippen LogP contribution in [0.2, 0.25) is 0 Å². The van der Waals surface area contributed by atoms with Gasteiger partial charge in [0.2, 0.25) is 0 Å². The Morgan fingerprint density at radius 1 is 0.774 bits per heavy atom. The number of carboxylic acid groups (broad SMARTS) is 1. The van der Waals surface area contributed by atoms with E-state index in [4.69, 9.17) is 5.11 Å². The Balaban J connectivity index is 6.91. The molecule has 0 bridgehead atoms. The van der Waals surface area contributed by atoms with E-state index in [1.165, 1.54) is 0 Å². The van der Waals surface area contributed by atoms with E-state index in [0.29, 0.717) is 6.92 Å². The van der Waals surface area contributed by atoms with Crippen LogP contribution in [0.3, 0.4) is 0 Å². The highest BCUT2D eigenvalue weighted by Crippen LogP contribution is 2.63. The molecule has 0 rings (SSSR count). The average Bonchev–Trinajstić information content (AvgIpc) is 2.49. The summed E-state index contributed by atoms with van der Waals surface area (Å²) < 4.78 is 195. The Morgan fingerprint density at radius 3 is 1.39 bits per heavy atom. The Hall–Kier alpha value is -1.88. The van der Waals surface area contributed by atoms with E-state index >= 15 is 0 Å². The van der Waals surface area contributed by atoms with Crippen molar-refractivity contribution in [3.8, 4) is 0 Å². The fourth-order valence-corrected chi connectivity index (χ4v) is 1.97. The quantitative estimate of drug-likeness (QED) is 0.410. The summed E-state index contributed by atoms with van der Waals surface area (Å²) in [5.74, 6) is -34.7. The molecule has 0 saturated heterocycles. The Morgan fingerprint density at radius 2 is 1.13 bits per heavy atom. The predicted octanol–water partition coefficient (Wildman–Crippen LogP) is 3.81. The third-order valence-corrected chi connectivity index (χ3v) is 3.55. The SMILES string of the molecule is CC(O)CC(=CC(F)(F)C(F)(F)C(F)(F)C(F)(F)C(F)(C(F)(F)F)C(F)(F)F)C(=O)[O-]. The van der Waals surface area contributed by atoms with Crippen molar-refractivity contribution in [1.82, 2.24) is 0 Å². The van der Waals surface area contributed by atoms with Gasteiger partial charge in [-0.05, 0) is 25.0 Å². The van der Waals surface area contributed by atoms with Crippen molar-refractivity contribution in [1.29, 1.82) is 0 Å². The zero-order valence-corrected chi connectivity index (χ0v) is 14.3. The minimum Gasteiger partial charge on any atom is -0.545 e. The minimum absolute atomic E-state index is 0.611. The van der Waals surface area contributed by atoms with Gasteiger partial charge in [-0.3, -0.25) is 0 Å². The average molecular weight is 497 g/mol. The molecular weight excluding hydrogens is 489 g/mol. The van der Waals surface area contributed by atoms with Crippen molar-refractivity contribution in [3.05, 3.63) is 11.6 Å².